The second kappa shape index (κ2) is 3.17. The molecule has 0 unspecified atom stereocenters. The van der Waals surface area contributed by atoms with Crippen LogP contribution in [0.25, 0.3) is 10.9 Å². The van der Waals surface area contributed by atoms with Crippen LogP contribution in [0.1, 0.15) is 18.2 Å². The summed E-state index contributed by atoms with van der Waals surface area (Å²) in [5.74, 6) is 0. The number of nitrogens with zero attached hydrogens (tertiary/aromatic N) is 1. The number of rotatable bonds is 1. The Hall–Kier alpha value is -1.37. The molecular weight excluding hydrogens is 158 g/mol. The summed E-state index contributed by atoms with van der Waals surface area (Å²) in [6.07, 6.45) is 1.07. The lowest BCUT2D eigenvalue weighted by Crippen LogP contribution is -1.87. The summed E-state index contributed by atoms with van der Waals surface area (Å²) < 4.78 is 0. The Morgan fingerprint density at radius 2 is 2.00 bits per heavy atom. The predicted octanol–water partition coefficient (Wildman–Crippen LogP) is 3.11. The van der Waals surface area contributed by atoms with Crippen molar-refractivity contribution in [2.24, 2.45) is 0 Å². The Morgan fingerprint density at radius 1 is 1.15 bits per heavy atom. The first-order valence-corrected chi connectivity index (χ1v) is 4.66. The summed E-state index contributed by atoms with van der Waals surface area (Å²) in [5, 5.41) is 1.29. The van der Waals surface area contributed by atoms with Crippen LogP contribution in [-0.2, 0) is 6.42 Å². The van der Waals surface area contributed by atoms with Crippen molar-refractivity contribution in [3.8, 4) is 0 Å². The first-order valence-electron chi connectivity index (χ1n) is 4.66. The van der Waals surface area contributed by atoms with E-state index in [1.165, 1.54) is 10.9 Å². The van der Waals surface area contributed by atoms with Gasteiger partial charge in [-0.25, -0.2) is 0 Å². The van der Waals surface area contributed by atoms with Gasteiger partial charge in [0.1, 0.15) is 0 Å². The molecule has 0 aliphatic rings. The topological polar surface area (TPSA) is 12.9 Å². The number of hydrogen-bond donors (Lipinski definition) is 0. The largest absolute Gasteiger partial charge is 0.253 e. The van der Waals surface area contributed by atoms with Gasteiger partial charge in [-0.3, -0.25) is 4.98 Å². The van der Waals surface area contributed by atoms with Crippen LogP contribution in [-0.4, -0.2) is 4.98 Å². The van der Waals surface area contributed by atoms with E-state index in [-0.39, 0.29) is 0 Å². The molecule has 0 amide bonds. The van der Waals surface area contributed by atoms with Crippen molar-refractivity contribution in [1.82, 2.24) is 4.98 Å². The van der Waals surface area contributed by atoms with Crippen LogP contribution in [0.3, 0.4) is 0 Å². The molecule has 0 spiro atoms. The molecule has 1 heteroatoms. The van der Waals surface area contributed by atoms with Crippen molar-refractivity contribution in [1.29, 1.82) is 0 Å². The standard InChI is InChI=1S/C12H13N/c1-3-10-5-4-6-12-11(10)8-7-9(2)13-12/h4-8H,3H2,1-2H3. The van der Waals surface area contributed by atoms with Gasteiger partial charge in [-0.1, -0.05) is 25.1 Å². The quantitative estimate of drug-likeness (QED) is 0.642. The SMILES string of the molecule is CCc1cccc2nc(C)ccc12. The van der Waals surface area contributed by atoms with Crippen LogP contribution < -0.4 is 0 Å². The Balaban J connectivity index is 2.77. The molecular formula is C12H13N. The van der Waals surface area contributed by atoms with E-state index in [0.29, 0.717) is 0 Å². The van der Waals surface area contributed by atoms with E-state index in [1.54, 1.807) is 0 Å². The second-order valence-electron chi connectivity index (χ2n) is 3.29. The first kappa shape index (κ1) is 8.24. The van der Waals surface area contributed by atoms with Gasteiger partial charge in [0.25, 0.3) is 0 Å². The van der Waals surface area contributed by atoms with Gasteiger partial charge in [-0.05, 0) is 31.0 Å². The lowest BCUT2D eigenvalue weighted by molar-refractivity contribution is 1.15. The molecule has 0 N–H and O–H groups in total. The lowest BCUT2D eigenvalue weighted by atomic mass is 10.1. The van der Waals surface area contributed by atoms with Crippen LogP contribution in [0.2, 0.25) is 0 Å². The van der Waals surface area contributed by atoms with Gasteiger partial charge in [-0.2, -0.15) is 0 Å². The van der Waals surface area contributed by atoms with Crippen molar-refractivity contribution in [3.05, 3.63) is 41.6 Å². The van der Waals surface area contributed by atoms with E-state index in [0.717, 1.165) is 17.6 Å². The highest BCUT2D eigenvalue weighted by Crippen LogP contribution is 2.17. The highest BCUT2D eigenvalue weighted by atomic mass is 14.7. The van der Waals surface area contributed by atoms with Crippen LogP contribution in [0.15, 0.2) is 30.3 Å². The van der Waals surface area contributed by atoms with Crippen molar-refractivity contribution in [2.45, 2.75) is 20.3 Å². The molecule has 1 heterocycles. The molecule has 0 fully saturated rings. The van der Waals surface area contributed by atoms with Crippen LogP contribution in [0.4, 0.5) is 0 Å². The maximum Gasteiger partial charge on any atom is 0.0707 e. The van der Waals surface area contributed by atoms with Gasteiger partial charge in [0.15, 0.2) is 0 Å². The normalized spacial score (nSPS) is 10.6. The first-order chi connectivity index (χ1) is 6.31. The van der Waals surface area contributed by atoms with Crippen LogP contribution in [0.5, 0.6) is 0 Å². The molecule has 0 radical (unpaired) electrons. The predicted molar refractivity (Wildman–Crippen MR) is 55.9 cm³/mol. The summed E-state index contributed by atoms with van der Waals surface area (Å²) in [6, 6.07) is 10.5. The number of benzene rings is 1. The summed E-state index contributed by atoms with van der Waals surface area (Å²) in [4.78, 5) is 4.48. The molecule has 2 aromatic rings. The molecule has 1 nitrogen and oxygen atoms in total. The highest BCUT2D eigenvalue weighted by Gasteiger charge is 1.98. The minimum Gasteiger partial charge on any atom is -0.253 e. The average Bonchev–Trinajstić information content (AvgIpc) is 2.16. The molecule has 0 atom stereocenters. The maximum absolute atomic E-state index is 4.48. The molecule has 2 rings (SSSR count). The monoisotopic (exact) mass is 171 g/mol. The fourth-order valence-corrected chi connectivity index (χ4v) is 1.63. The number of aryl methyl sites for hydroxylation is 2. The maximum atomic E-state index is 4.48. The molecule has 0 aliphatic heterocycles. The number of hydrogen-bond acceptors (Lipinski definition) is 1. The smallest absolute Gasteiger partial charge is 0.0707 e. The van der Waals surface area contributed by atoms with E-state index in [1.807, 2.05) is 6.92 Å². The van der Waals surface area contributed by atoms with Crippen molar-refractivity contribution >= 4 is 10.9 Å². The number of pyridine rings is 1. The van der Waals surface area contributed by atoms with E-state index in [9.17, 15) is 0 Å². The molecule has 0 saturated heterocycles. The van der Waals surface area contributed by atoms with Gasteiger partial charge < -0.3 is 0 Å². The Morgan fingerprint density at radius 3 is 2.77 bits per heavy atom. The molecule has 0 aliphatic carbocycles. The molecule has 13 heavy (non-hydrogen) atoms. The van der Waals surface area contributed by atoms with Crippen molar-refractivity contribution in [3.63, 3.8) is 0 Å². The third kappa shape index (κ3) is 1.42. The van der Waals surface area contributed by atoms with E-state index in [4.69, 9.17) is 0 Å². The van der Waals surface area contributed by atoms with Crippen molar-refractivity contribution in [2.75, 3.05) is 0 Å². The Labute approximate surface area is 78.4 Å². The fraction of sp³-hybridized carbons (Fsp3) is 0.250. The minimum absolute atomic E-state index is 1.07. The summed E-state index contributed by atoms with van der Waals surface area (Å²) in [7, 11) is 0. The average molecular weight is 171 g/mol. The van der Waals surface area contributed by atoms with Gasteiger partial charge >= 0.3 is 0 Å². The zero-order chi connectivity index (χ0) is 9.26. The Kier molecular flexibility index (Phi) is 2.01. The minimum atomic E-state index is 1.07. The molecule has 0 saturated carbocycles. The summed E-state index contributed by atoms with van der Waals surface area (Å²) >= 11 is 0. The van der Waals surface area contributed by atoms with Gasteiger partial charge in [0.2, 0.25) is 0 Å². The zero-order valence-corrected chi connectivity index (χ0v) is 8.04. The lowest BCUT2D eigenvalue weighted by Gasteiger charge is -2.03. The van der Waals surface area contributed by atoms with E-state index in [2.05, 4.69) is 42.2 Å². The van der Waals surface area contributed by atoms with Crippen LogP contribution >= 0.6 is 0 Å². The fourth-order valence-electron chi connectivity index (χ4n) is 1.63. The third-order valence-electron chi connectivity index (χ3n) is 2.34. The molecule has 0 bridgehead atoms. The second-order valence-corrected chi connectivity index (χ2v) is 3.29. The molecule has 1 aromatic carbocycles. The van der Waals surface area contributed by atoms with Gasteiger partial charge in [0.05, 0.1) is 5.52 Å². The Bertz CT molecular complexity index is 432. The highest BCUT2D eigenvalue weighted by molar-refractivity contribution is 5.82. The van der Waals surface area contributed by atoms with Crippen molar-refractivity contribution < 1.29 is 0 Å². The molecule has 1 aromatic heterocycles. The van der Waals surface area contributed by atoms with Crippen LogP contribution in [0, 0.1) is 6.92 Å². The molecule has 66 valence electrons. The van der Waals surface area contributed by atoms with E-state index < -0.39 is 0 Å². The summed E-state index contributed by atoms with van der Waals surface area (Å²) in [6.45, 7) is 4.20. The van der Waals surface area contributed by atoms with Gasteiger partial charge in [0, 0.05) is 11.1 Å². The number of fused-ring (bicyclic) bond motifs is 1. The summed E-state index contributed by atoms with van der Waals surface area (Å²) in [5.41, 5.74) is 3.57. The van der Waals surface area contributed by atoms with E-state index >= 15 is 0 Å². The number of aromatic nitrogens is 1. The van der Waals surface area contributed by atoms with Gasteiger partial charge in [-0.15, -0.1) is 0 Å². The zero-order valence-electron chi connectivity index (χ0n) is 8.04. The third-order valence-corrected chi connectivity index (χ3v) is 2.34.